The van der Waals surface area contributed by atoms with Crippen LogP contribution < -0.4 is 37.5 Å². The number of rotatable bonds is 23. The first-order valence-corrected chi connectivity index (χ1v) is 25.4. The Kier molecular flexibility index (Phi) is 16.8. The normalized spacial score (nSPS) is 17.2. The number of halogens is 1. The van der Waals surface area contributed by atoms with Crippen LogP contribution in [0.2, 0.25) is 0 Å². The summed E-state index contributed by atoms with van der Waals surface area (Å²) in [5.41, 5.74) is 1.68. The molecule has 23 heteroatoms. The van der Waals surface area contributed by atoms with E-state index in [9.17, 15) is 57.8 Å². The molecule has 4 aromatic rings. The van der Waals surface area contributed by atoms with Crippen molar-refractivity contribution in [3.05, 3.63) is 110 Å². The van der Waals surface area contributed by atoms with Crippen molar-refractivity contribution in [3.63, 3.8) is 0 Å². The molecule has 0 spiro atoms. The Bertz CT molecular complexity index is 3190. The van der Waals surface area contributed by atoms with Gasteiger partial charge in [-0.15, -0.1) is 0 Å². The van der Waals surface area contributed by atoms with Gasteiger partial charge >= 0.3 is 5.97 Å². The van der Waals surface area contributed by atoms with Crippen LogP contribution in [0, 0.1) is 12.7 Å². The van der Waals surface area contributed by atoms with E-state index in [0.29, 0.717) is 82.2 Å². The molecule has 0 unspecified atom stereocenters. The first-order valence-electron chi connectivity index (χ1n) is 25.4. The number of carbonyl (C=O) groups is 10. The molecular formula is C54H58FN9O13. The molecule has 3 aliphatic heterocycles. The molecule has 7 N–H and O–H groups in total. The van der Waals surface area contributed by atoms with Crippen molar-refractivity contribution < 1.29 is 62.2 Å². The number of esters is 1. The van der Waals surface area contributed by atoms with Gasteiger partial charge in [0.05, 0.1) is 61.2 Å². The highest BCUT2D eigenvalue weighted by atomic mass is 19.1. The highest BCUT2D eigenvalue weighted by molar-refractivity contribution is 6.12. The van der Waals surface area contributed by atoms with Crippen LogP contribution in [-0.2, 0) is 84.3 Å². The Balaban J connectivity index is 0.801. The standard InChI is InChI=1S/C54H58FN9O13/c1-3-54(76)35-21-40-50-33(27-64(40)52(74)34(35)28-77-53(54)75)49-37(15-14-32-29(2)36(55)22-38(62-50)48(32)49)60-44(69)25-57-42(67)16-13-31(65)23-59-51(73)39(20-30-10-6-4-7-11-30)61-45(70)26-58-43(68)24-56-41(66)12-8-5-9-19-63-46(71)17-18-47(63)72/h4,6-7,10-11,17-18,21-22,37,39,76H,3,5,8-9,12-16,19-20,23-28H2,1-2H3,(H,56,66)(H,57,67)(H,58,68)(H,59,73)(H,60,69)(H,61,70)/t37-,39-,54-/m0/s1. The number of cyclic esters (lactones) is 1. The van der Waals surface area contributed by atoms with Gasteiger partial charge < -0.3 is 46.3 Å². The zero-order chi connectivity index (χ0) is 55.1. The smallest absolute Gasteiger partial charge is 0.343 e. The molecule has 404 valence electrons. The number of hydrogen-bond donors (Lipinski definition) is 7. The highest BCUT2D eigenvalue weighted by Crippen LogP contribution is 2.46. The van der Waals surface area contributed by atoms with Crippen molar-refractivity contribution >= 4 is 69.9 Å². The van der Waals surface area contributed by atoms with E-state index >= 15 is 4.39 Å². The van der Waals surface area contributed by atoms with Crippen molar-refractivity contribution in [1.29, 1.82) is 0 Å². The van der Waals surface area contributed by atoms with Gasteiger partial charge in [0.2, 0.25) is 35.4 Å². The lowest BCUT2D eigenvalue weighted by atomic mass is 9.81. The third-order valence-electron chi connectivity index (χ3n) is 14.3. The molecule has 2 aromatic heterocycles. The maximum Gasteiger partial charge on any atom is 0.343 e. The summed E-state index contributed by atoms with van der Waals surface area (Å²) in [6, 6.07) is 9.74. The van der Waals surface area contributed by atoms with Gasteiger partial charge in [-0.3, -0.25) is 52.8 Å². The third kappa shape index (κ3) is 12.1. The molecular weight excluding hydrogens is 1000 g/mol. The van der Waals surface area contributed by atoms with Crippen molar-refractivity contribution in [3.8, 4) is 11.4 Å². The molecule has 0 bridgehead atoms. The number of ketones is 1. The van der Waals surface area contributed by atoms with Gasteiger partial charge in [-0.1, -0.05) is 43.7 Å². The summed E-state index contributed by atoms with van der Waals surface area (Å²) in [4.78, 5) is 146. The number of unbranched alkanes of at least 4 members (excludes halogenated alkanes) is 2. The number of carbonyl (C=O) groups excluding carboxylic acids is 10. The summed E-state index contributed by atoms with van der Waals surface area (Å²) >= 11 is 0. The van der Waals surface area contributed by atoms with E-state index in [1.165, 1.54) is 22.8 Å². The number of aromatic nitrogens is 2. The van der Waals surface area contributed by atoms with Crippen LogP contribution in [0.25, 0.3) is 22.3 Å². The minimum absolute atomic E-state index is 0.0291. The molecule has 2 aromatic carbocycles. The van der Waals surface area contributed by atoms with E-state index in [-0.39, 0.29) is 74.7 Å². The van der Waals surface area contributed by atoms with Crippen molar-refractivity contribution in [2.75, 3.05) is 32.7 Å². The molecule has 22 nitrogen and oxygen atoms in total. The number of fused-ring (bicyclic) bond motifs is 5. The van der Waals surface area contributed by atoms with Crippen molar-refractivity contribution in [1.82, 2.24) is 46.4 Å². The first-order chi connectivity index (χ1) is 36.9. The van der Waals surface area contributed by atoms with Gasteiger partial charge in [0, 0.05) is 67.0 Å². The molecule has 77 heavy (non-hydrogen) atoms. The van der Waals surface area contributed by atoms with Crippen LogP contribution in [0.5, 0.6) is 0 Å². The summed E-state index contributed by atoms with van der Waals surface area (Å²) in [7, 11) is 0. The van der Waals surface area contributed by atoms with Gasteiger partial charge in [0.25, 0.3) is 17.4 Å². The van der Waals surface area contributed by atoms with Crippen LogP contribution in [0.1, 0.15) is 103 Å². The fourth-order valence-corrected chi connectivity index (χ4v) is 10.1. The SMILES string of the molecule is CC[C@@]1(O)C(=O)OCc2c1cc1n(c2=O)Cc2c-1nc1cc(F)c(C)c3c1c2[C@@H](NC(=O)CNC(=O)CCC(=O)CNC(=O)[C@H](Cc1ccccc1)NC(=O)CNC(=O)CNC(=O)CCCCCN1C(=O)C=CC1=O)CC3. The number of hydrogen-bond acceptors (Lipinski definition) is 14. The van der Waals surface area contributed by atoms with Gasteiger partial charge in [-0.2, -0.15) is 0 Å². The molecule has 4 aliphatic rings. The summed E-state index contributed by atoms with van der Waals surface area (Å²) in [6.45, 7) is 1.31. The maximum absolute atomic E-state index is 15.4. The Morgan fingerprint density at radius 2 is 1.49 bits per heavy atom. The fourth-order valence-electron chi connectivity index (χ4n) is 10.1. The van der Waals surface area contributed by atoms with Crippen LogP contribution in [-0.4, -0.2) is 117 Å². The number of aryl methyl sites for hydroxylation is 1. The highest BCUT2D eigenvalue weighted by Gasteiger charge is 2.46. The number of Topliss-reactive ketones (excluding diaryl/α,β-unsaturated/α-hetero) is 1. The van der Waals surface area contributed by atoms with E-state index in [0.717, 1.165) is 4.90 Å². The molecule has 3 atom stereocenters. The maximum atomic E-state index is 15.4. The first kappa shape index (κ1) is 54.8. The molecule has 0 saturated heterocycles. The summed E-state index contributed by atoms with van der Waals surface area (Å²) < 4.78 is 22.0. The largest absolute Gasteiger partial charge is 0.458 e. The second-order valence-corrected chi connectivity index (χ2v) is 19.3. The lowest BCUT2D eigenvalue weighted by Crippen LogP contribution is -2.51. The number of benzene rings is 2. The van der Waals surface area contributed by atoms with Gasteiger partial charge in [0.1, 0.15) is 18.5 Å². The fraction of sp³-hybridized carbons (Fsp3) is 0.407. The zero-order valence-corrected chi connectivity index (χ0v) is 42.4. The quantitative estimate of drug-likeness (QED) is 0.0269. The van der Waals surface area contributed by atoms with Gasteiger partial charge in [0.15, 0.2) is 11.4 Å². The van der Waals surface area contributed by atoms with E-state index in [2.05, 4.69) is 31.9 Å². The summed E-state index contributed by atoms with van der Waals surface area (Å²) in [5.74, 6) is -6.33. The molecule has 0 radical (unpaired) electrons. The number of aliphatic hydroxyl groups is 1. The van der Waals surface area contributed by atoms with E-state index in [4.69, 9.17) is 9.72 Å². The Morgan fingerprint density at radius 1 is 0.805 bits per heavy atom. The predicted octanol–water partition coefficient (Wildman–Crippen LogP) is 0.658. The molecule has 8 amide bonds. The average Bonchev–Trinajstić information content (AvgIpc) is 4.15. The van der Waals surface area contributed by atoms with Gasteiger partial charge in [-0.05, 0) is 67.3 Å². The summed E-state index contributed by atoms with van der Waals surface area (Å²) in [6.07, 6.45) is 4.11. The number of pyridine rings is 2. The molecule has 1 aliphatic carbocycles. The number of ether oxygens (including phenoxy) is 1. The topological polar surface area (TPSA) is 310 Å². The molecule has 0 fully saturated rings. The Morgan fingerprint density at radius 3 is 2.22 bits per heavy atom. The van der Waals surface area contributed by atoms with Crippen LogP contribution >= 0.6 is 0 Å². The predicted molar refractivity (Wildman–Crippen MR) is 271 cm³/mol. The number of nitrogens with zero attached hydrogens (tertiary/aromatic N) is 3. The molecule has 8 rings (SSSR count). The number of nitrogens with one attached hydrogen (secondary N) is 6. The summed E-state index contributed by atoms with van der Waals surface area (Å²) in [5, 5.41) is 27.4. The lowest BCUT2D eigenvalue weighted by Gasteiger charge is -2.31. The van der Waals surface area contributed by atoms with E-state index in [1.807, 2.05) is 0 Å². The Labute approximate surface area is 439 Å². The zero-order valence-electron chi connectivity index (χ0n) is 42.4. The average molecular weight is 1060 g/mol. The number of amides is 8. The van der Waals surface area contributed by atoms with Crippen LogP contribution in [0.15, 0.2) is 59.4 Å². The molecule has 5 heterocycles. The van der Waals surface area contributed by atoms with E-state index < -0.39 is 102 Å². The number of imide groups is 1. The minimum Gasteiger partial charge on any atom is -0.458 e. The lowest BCUT2D eigenvalue weighted by molar-refractivity contribution is -0.172. The Hall–Kier alpha value is -8.47. The molecule has 0 saturated carbocycles. The second-order valence-electron chi connectivity index (χ2n) is 19.3. The van der Waals surface area contributed by atoms with Gasteiger partial charge in [-0.25, -0.2) is 14.2 Å². The van der Waals surface area contributed by atoms with Crippen molar-refractivity contribution in [2.24, 2.45) is 0 Å². The third-order valence-corrected chi connectivity index (χ3v) is 14.3. The van der Waals surface area contributed by atoms with Crippen LogP contribution in [0.4, 0.5) is 4.39 Å². The van der Waals surface area contributed by atoms with Crippen molar-refractivity contribution in [2.45, 2.75) is 109 Å². The monoisotopic (exact) mass is 1060 g/mol. The second kappa shape index (κ2) is 23.6. The van der Waals surface area contributed by atoms with E-state index in [1.54, 1.807) is 50.2 Å². The minimum atomic E-state index is -2.06. The van der Waals surface area contributed by atoms with Crippen LogP contribution in [0.3, 0.4) is 0 Å².